The first-order valence-corrected chi connectivity index (χ1v) is 4.73. The molecule has 0 aromatic rings. The van der Waals surface area contributed by atoms with Gasteiger partial charge in [0.1, 0.15) is 6.61 Å². The van der Waals surface area contributed by atoms with E-state index in [1.165, 1.54) is 0 Å². The van der Waals surface area contributed by atoms with Crippen LogP contribution < -0.4 is 0 Å². The lowest BCUT2D eigenvalue weighted by Gasteiger charge is -2.20. The van der Waals surface area contributed by atoms with Gasteiger partial charge in [0, 0.05) is 0 Å². The topological polar surface area (TPSA) is 29.5 Å². The van der Waals surface area contributed by atoms with Crippen molar-refractivity contribution >= 4 is 0 Å². The van der Waals surface area contributed by atoms with Gasteiger partial charge in [-0.3, -0.25) is 0 Å². The SMILES string of the molecule is CCC(CC)C(O)COCC(F)(F)F. The van der Waals surface area contributed by atoms with E-state index in [9.17, 15) is 18.3 Å². The molecule has 0 saturated heterocycles. The van der Waals surface area contributed by atoms with Crippen LogP contribution in [0.1, 0.15) is 26.7 Å². The van der Waals surface area contributed by atoms with Gasteiger partial charge in [0.05, 0.1) is 12.7 Å². The van der Waals surface area contributed by atoms with Crippen LogP contribution >= 0.6 is 0 Å². The predicted octanol–water partition coefficient (Wildman–Crippen LogP) is 2.36. The van der Waals surface area contributed by atoms with E-state index < -0.39 is 18.9 Å². The number of alkyl halides is 3. The fraction of sp³-hybridized carbons (Fsp3) is 1.00. The molecule has 1 atom stereocenters. The summed E-state index contributed by atoms with van der Waals surface area (Å²) in [6, 6.07) is 0. The minimum absolute atomic E-state index is 0.0169. The van der Waals surface area contributed by atoms with Crippen LogP contribution in [0.2, 0.25) is 0 Å². The van der Waals surface area contributed by atoms with Gasteiger partial charge in [-0.15, -0.1) is 0 Å². The number of hydrogen-bond acceptors (Lipinski definition) is 2. The average Bonchev–Trinajstić information content (AvgIpc) is 2.04. The Morgan fingerprint density at radius 3 is 2.07 bits per heavy atom. The van der Waals surface area contributed by atoms with Crippen LogP contribution in [0.25, 0.3) is 0 Å². The second kappa shape index (κ2) is 6.24. The molecule has 0 amide bonds. The molecule has 86 valence electrons. The van der Waals surface area contributed by atoms with E-state index in [0.29, 0.717) is 0 Å². The number of aliphatic hydroxyl groups is 1. The third-order valence-corrected chi connectivity index (χ3v) is 2.15. The highest BCUT2D eigenvalue weighted by atomic mass is 19.4. The van der Waals surface area contributed by atoms with Crippen LogP contribution in [0.4, 0.5) is 13.2 Å². The van der Waals surface area contributed by atoms with E-state index in [-0.39, 0.29) is 12.5 Å². The number of ether oxygens (including phenoxy) is 1. The minimum atomic E-state index is -4.31. The van der Waals surface area contributed by atoms with Crippen LogP contribution in [0.5, 0.6) is 0 Å². The molecule has 0 heterocycles. The Balaban J connectivity index is 3.67. The zero-order valence-corrected chi connectivity index (χ0v) is 8.47. The van der Waals surface area contributed by atoms with Crippen molar-refractivity contribution < 1.29 is 23.0 Å². The van der Waals surface area contributed by atoms with Crippen molar-refractivity contribution in [3.8, 4) is 0 Å². The number of halogens is 3. The van der Waals surface area contributed by atoms with Crippen LogP contribution in [0.15, 0.2) is 0 Å². The van der Waals surface area contributed by atoms with Crippen molar-refractivity contribution in [2.24, 2.45) is 5.92 Å². The smallest absolute Gasteiger partial charge is 0.390 e. The van der Waals surface area contributed by atoms with Gasteiger partial charge in [0.25, 0.3) is 0 Å². The van der Waals surface area contributed by atoms with Crippen molar-refractivity contribution in [3.63, 3.8) is 0 Å². The highest BCUT2D eigenvalue weighted by Crippen LogP contribution is 2.17. The molecular formula is C9H17F3O2. The third kappa shape index (κ3) is 6.21. The summed E-state index contributed by atoms with van der Waals surface area (Å²) in [4.78, 5) is 0. The summed E-state index contributed by atoms with van der Waals surface area (Å²) in [6.07, 6.45) is -3.62. The molecule has 1 N–H and O–H groups in total. The largest absolute Gasteiger partial charge is 0.411 e. The Labute approximate surface area is 82.1 Å². The Hall–Kier alpha value is -0.290. The van der Waals surface area contributed by atoms with Gasteiger partial charge in [-0.1, -0.05) is 26.7 Å². The first-order chi connectivity index (χ1) is 6.40. The maximum absolute atomic E-state index is 11.7. The van der Waals surface area contributed by atoms with Crippen LogP contribution in [-0.2, 0) is 4.74 Å². The summed E-state index contributed by atoms with van der Waals surface area (Å²) in [5.74, 6) is 0.0169. The Bertz CT molecular complexity index is 143. The number of rotatable bonds is 6. The lowest BCUT2D eigenvalue weighted by atomic mass is 9.97. The lowest BCUT2D eigenvalue weighted by Crippen LogP contribution is -2.28. The highest BCUT2D eigenvalue weighted by Gasteiger charge is 2.28. The molecule has 0 aliphatic rings. The van der Waals surface area contributed by atoms with Gasteiger partial charge in [0.15, 0.2) is 0 Å². The molecule has 5 heteroatoms. The first kappa shape index (κ1) is 13.7. The maximum Gasteiger partial charge on any atom is 0.411 e. The van der Waals surface area contributed by atoms with Crippen molar-refractivity contribution in [3.05, 3.63) is 0 Å². The fourth-order valence-corrected chi connectivity index (χ4v) is 1.26. The zero-order valence-electron chi connectivity index (χ0n) is 8.47. The molecule has 0 rings (SSSR count). The molecule has 1 unspecified atom stereocenters. The summed E-state index contributed by atoms with van der Waals surface area (Å²) in [7, 11) is 0. The molecule has 0 fully saturated rings. The first-order valence-electron chi connectivity index (χ1n) is 4.73. The van der Waals surface area contributed by atoms with Gasteiger partial charge < -0.3 is 9.84 Å². The standard InChI is InChI=1S/C9H17F3O2/c1-3-7(4-2)8(13)5-14-6-9(10,11)12/h7-8,13H,3-6H2,1-2H3. The molecule has 2 nitrogen and oxygen atoms in total. The van der Waals surface area contributed by atoms with E-state index >= 15 is 0 Å². The minimum Gasteiger partial charge on any atom is -0.390 e. The van der Waals surface area contributed by atoms with Gasteiger partial charge in [-0.2, -0.15) is 13.2 Å². The van der Waals surface area contributed by atoms with Gasteiger partial charge in [-0.25, -0.2) is 0 Å². The molecule has 0 aliphatic carbocycles. The summed E-state index contributed by atoms with van der Waals surface area (Å²) in [6.45, 7) is 2.25. The van der Waals surface area contributed by atoms with Crippen LogP contribution in [0, 0.1) is 5.92 Å². The van der Waals surface area contributed by atoms with Crippen LogP contribution in [-0.4, -0.2) is 30.6 Å². The van der Waals surface area contributed by atoms with Gasteiger partial charge >= 0.3 is 6.18 Å². The van der Waals surface area contributed by atoms with E-state index in [0.717, 1.165) is 12.8 Å². The van der Waals surface area contributed by atoms with Crippen molar-refractivity contribution in [1.82, 2.24) is 0 Å². The Morgan fingerprint density at radius 2 is 1.71 bits per heavy atom. The van der Waals surface area contributed by atoms with Crippen molar-refractivity contribution in [2.75, 3.05) is 13.2 Å². The van der Waals surface area contributed by atoms with E-state index in [1.807, 2.05) is 13.8 Å². The van der Waals surface area contributed by atoms with E-state index in [4.69, 9.17) is 0 Å². The third-order valence-electron chi connectivity index (χ3n) is 2.15. The van der Waals surface area contributed by atoms with E-state index in [2.05, 4.69) is 4.74 Å². The summed E-state index contributed by atoms with van der Waals surface area (Å²) in [5.41, 5.74) is 0. The quantitative estimate of drug-likeness (QED) is 0.735. The summed E-state index contributed by atoms with van der Waals surface area (Å²) in [5, 5.41) is 9.41. The fourth-order valence-electron chi connectivity index (χ4n) is 1.26. The molecule has 0 aliphatic heterocycles. The second-order valence-corrected chi connectivity index (χ2v) is 3.27. The number of hydrogen-bond donors (Lipinski definition) is 1. The van der Waals surface area contributed by atoms with Crippen LogP contribution in [0.3, 0.4) is 0 Å². The summed E-state index contributed by atoms with van der Waals surface area (Å²) >= 11 is 0. The summed E-state index contributed by atoms with van der Waals surface area (Å²) < 4.78 is 39.4. The lowest BCUT2D eigenvalue weighted by molar-refractivity contribution is -0.180. The Morgan fingerprint density at radius 1 is 1.21 bits per heavy atom. The van der Waals surface area contributed by atoms with Gasteiger partial charge in [-0.05, 0) is 5.92 Å². The molecule has 0 bridgehead atoms. The maximum atomic E-state index is 11.7. The molecule has 0 radical (unpaired) electrons. The zero-order chi connectivity index (χ0) is 11.2. The molecule has 14 heavy (non-hydrogen) atoms. The normalized spacial score (nSPS) is 14.8. The van der Waals surface area contributed by atoms with Crippen molar-refractivity contribution in [1.29, 1.82) is 0 Å². The average molecular weight is 214 g/mol. The monoisotopic (exact) mass is 214 g/mol. The predicted molar refractivity (Wildman–Crippen MR) is 47.0 cm³/mol. The van der Waals surface area contributed by atoms with E-state index in [1.54, 1.807) is 0 Å². The Kier molecular flexibility index (Phi) is 6.11. The molecule has 0 aromatic carbocycles. The molecular weight excluding hydrogens is 197 g/mol. The van der Waals surface area contributed by atoms with Crippen molar-refractivity contribution in [2.45, 2.75) is 39.0 Å². The highest BCUT2D eigenvalue weighted by molar-refractivity contribution is 4.65. The second-order valence-electron chi connectivity index (χ2n) is 3.27. The number of aliphatic hydroxyl groups excluding tert-OH is 1. The molecule has 0 saturated carbocycles. The molecule has 0 spiro atoms. The molecule has 0 aromatic heterocycles. The van der Waals surface area contributed by atoms with Gasteiger partial charge in [0.2, 0.25) is 0 Å².